The average molecular weight is 276 g/mol. The van der Waals surface area contributed by atoms with E-state index in [1.54, 1.807) is 0 Å². The van der Waals surface area contributed by atoms with Crippen LogP contribution >= 0.6 is 0 Å². The predicted octanol–water partition coefficient (Wildman–Crippen LogP) is 2.80. The van der Waals surface area contributed by atoms with Crippen molar-refractivity contribution in [2.75, 3.05) is 25.0 Å². The van der Waals surface area contributed by atoms with E-state index in [2.05, 4.69) is 17.6 Å². The molecule has 0 radical (unpaired) electrons. The fourth-order valence-corrected chi connectivity index (χ4v) is 2.43. The van der Waals surface area contributed by atoms with Crippen LogP contribution in [-0.2, 0) is 4.79 Å². The van der Waals surface area contributed by atoms with Crippen molar-refractivity contribution in [3.63, 3.8) is 0 Å². The number of benzene rings is 1. The van der Waals surface area contributed by atoms with Crippen molar-refractivity contribution in [3.8, 4) is 5.75 Å². The molecule has 0 aromatic heterocycles. The molecule has 1 atom stereocenters. The maximum Gasteiger partial charge on any atom is 0.224 e. The Labute approximate surface area is 120 Å². The Kier molecular flexibility index (Phi) is 5.87. The first kappa shape index (κ1) is 14.9. The molecule has 1 aromatic rings. The third kappa shape index (κ3) is 4.85. The zero-order chi connectivity index (χ0) is 14.2. The Morgan fingerprint density at radius 2 is 2.20 bits per heavy atom. The lowest BCUT2D eigenvalue weighted by molar-refractivity contribution is -0.117. The molecule has 1 fully saturated rings. The van der Waals surface area contributed by atoms with Gasteiger partial charge in [0.25, 0.3) is 0 Å². The summed E-state index contributed by atoms with van der Waals surface area (Å²) in [6, 6.07) is 7.57. The van der Waals surface area contributed by atoms with Crippen molar-refractivity contribution in [2.45, 2.75) is 32.6 Å². The SMILES string of the molecule is CCCOc1ccc(NC(=O)CC2CCCNC2)cc1. The molecule has 1 amide bonds. The number of piperidine rings is 1. The van der Waals surface area contributed by atoms with Crippen LogP contribution in [-0.4, -0.2) is 25.6 Å². The highest BCUT2D eigenvalue weighted by Gasteiger charge is 2.16. The average Bonchev–Trinajstić information content (AvgIpc) is 2.47. The van der Waals surface area contributed by atoms with Gasteiger partial charge < -0.3 is 15.4 Å². The number of amides is 1. The Morgan fingerprint density at radius 1 is 1.40 bits per heavy atom. The largest absolute Gasteiger partial charge is 0.494 e. The highest BCUT2D eigenvalue weighted by molar-refractivity contribution is 5.90. The number of carbonyl (C=O) groups excluding carboxylic acids is 1. The molecule has 110 valence electrons. The zero-order valence-corrected chi connectivity index (χ0v) is 12.2. The van der Waals surface area contributed by atoms with Gasteiger partial charge in [-0.3, -0.25) is 4.79 Å². The van der Waals surface area contributed by atoms with Crippen molar-refractivity contribution >= 4 is 11.6 Å². The molecule has 4 heteroatoms. The second-order valence-electron chi connectivity index (χ2n) is 5.34. The number of carbonyl (C=O) groups is 1. The van der Waals surface area contributed by atoms with Gasteiger partial charge >= 0.3 is 0 Å². The third-order valence-electron chi connectivity index (χ3n) is 3.48. The minimum Gasteiger partial charge on any atom is -0.494 e. The molecule has 1 aromatic carbocycles. The van der Waals surface area contributed by atoms with Crippen molar-refractivity contribution < 1.29 is 9.53 Å². The Morgan fingerprint density at radius 3 is 2.85 bits per heavy atom. The highest BCUT2D eigenvalue weighted by Crippen LogP contribution is 2.18. The molecule has 4 nitrogen and oxygen atoms in total. The Bertz CT molecular complexity index is 411. The quantitative estimate of drug-likeness (QED) is 0.840. The third-order valence-corrected chi connectivity index (χ3v) is 3.48. The second kappa shape index (κ2) is 7.90. The van der Waals surface area contributed by atoms with Gasteiger partial charge in [-0.15, -0.1) is 0 Å². The van der Waals surface area contributed by atoms with E-state index in [-0.39, 0.29) is 5.91 Å². The van der Waals surface area contributed by atoms with E-state index in [4.69, 9.17) is 4.74 Å². The lowest BCUT2D eigenvalue weighted by atomic mass is 9.96. The van der Waals surface area contributed by atoms with E-state index in [0.29, 0.717) is 12.3 Å². The maximum atomic E-state index is 12.0. The number of ether oxygens (including phenoxy) is 1. The lowest BCUT2D eigenvalue weighted by Crippen LogP contribution is -2.32. The Hall–Kier alpha value is -1.55. The smallest absolute Gasteiger partial charge is 0.224 e. The van der Waals surface area contributed by atoms with Crippen LogP contribution < -0.4 is 15.4 Å². The molecule has 1 heterocycles. The van der Waals surface area contributed by atoms with Crippen LogP contribution in [0.1, 0.15) is 32.6 Å². The van der Waals surface area contributed by atoms with E-state index in [1.165, 1.54) is 6.42 Å². The topological polar surface area (TPSA) is 50.4 Å². The molecule has 20 heavy (non-hydrogen) atoms. The molecule has 0 bridgehead atoms. The van der Waals surface area contributed by atoms with Gasteiger partial charge in [0.05, 0.1) is 6.61 Å². The fraction of sp³-hybridized carbons (Fsp3) is 0.562. The summed E-state index contributed by atoms with van der Waals surface area (Å²) in [5.41, 5.74) is 0.836. The summed E-state index contributed by atoms with van der Waals surface area (Å²) in [4.78, 5) is 12.0. The summed E-state index contributed by atoms with van der Waals surface area (Å²) < 4.78 is 5.52. The summed E-state index contributed by atoms with van der Waals surface area (Å²) in [7, 11) is 0. The lowest BCUT2D eigenvalue weighted by Gasteiger charge is -2.22. The molecule has 1 saturated heterocycles. The monoisotopic (exact) mass is 276 g/mol. The van der Waals surface area contributed by atoms with Crippen molar-refractivity contribution in [3.05, 3.63) is 24.3 Å². The first-order valence-corrected chi connectivity index (χ1v) is 7.51. The number of nitrogens with one attached hydrogen (secondary N) is 2. The van der Waals surface area contributed by atoms with Crippen LogP contribution in [0, 0.1) is 5.92 Å². The minimum absolute atomic E-state index is 0.0981. The van der Waals surface area contributed by atoms with Crippen molar-refractivity contribution in [1.29, 1.82) is 0 Å². The summed E-state index contributed by atoms with van der Waals surface area (Å²) in [5.74, 6) is 1.41. The molecule has 1 aliphatic heterocycles. The van der Waals surface area contributed by atoms with E-state index in [9.17, 15) is 4.79 Å². The van der Waals surface area contributed by atoms with E-state index in [0.717, 1.165) is 44.0 Å². The minimum atomic E-state index is 0.0981. The van der Waals surface area contributed by atoms with Gasteiger partial charge in [0.15, 0.2) is 0 Å². The summed E-state index contributed by atoms with van der Waals surface area (Å²) in [6.45, 7) is 4.84. The van der Waals surface area contributed by atoms with Crippen LogP contribution in [0.15, 0.2) is 24.3 Å². The first-order valence-electron chi connectivity index (χ1n) is 7.51. The summed E-state index contributed by atoms with van der Waals surface area (Å²) in [6.07, 6.45) is 3.90. The predicted molar refractivity (Wildman–Crippen MR) is 81.1 cm³/mol. The second-order valence-corrected chi connectivity index (χ2v) is 5.34. The number of anilines is 1. The van der Waals surface area contributed by atoms with Crippen molar-refractivity contribution in [2.24, 2.45) is 5.92 Å². The molecular weight excluding hydrogens is 252 g/mol. The molecule has 2 N–H and O–H groups in total. The van der Waals surface area contributed by atoms with Crippen LogP contribution in [0.5, 0.6) is 5.75 Å². The van der Waals surface area contributed by atoms with E-state index in [1.807, 2.05) is 24.3 Å². The maximum absolute atomic E-state index is 12.0. The number of hydrogen-bond acceptors (Lipinski definition) is 3. The van der Waals surface area contributed by atoms with Gasteiger partial charge in [0.1, 0.15) is 5.75 Å². The summed E-state index contributed by atoms with van der Waals surface area (Å²) in [5, 5.41) is 6.28. The van der Waals surface area contributed by atoms with Crippen LogP contribution in [0.2, 0.25) is 0 Å². The van der Waals surface area contributed by atoms with Gasteiger partial charge in [-0.2, -0.15) is 0 Å². The molecule has 1 unspecified atom stereocenters. The molecule has 1 aliphatic rings. The molecule has 0 saturated carbocycles. The van der Waals surface area contributed by atoms with Gasteiger partial charge in [-0.05, 0) is 62.5 Å². The van der Waals surface area contributed by atoms with Crippen LogP contribution in [0.3, 0.4) is 0 Å². The van der Waals surface area contributed by atoms with E-state index < -0.39 is 0 Å². The van der Waals surface area contributed by atoms with Gasteiger partial charge in [-0.25, -0.2) is 0 Å². The Balaban J connectivity index is 1.78. The normalized spacial score (nSPS) is 18.6. The highest BCUT2D eigenvalue weighted by atomic mass is 16.5. The summed E-state index contributed by atoms with van der Waals surface area (Å²) >= 11 is 0. The van der Waals surface area contributed by atoms with Gasteiger partial charge in [0, 0.05) is 12.1 Å². The fourth-order valence-electron chi connectivity index (χ4n) is 2.43. The van der Waals surface area contributed by atoms with Crippen LogP contribution in [0.25, 0.3) is 0 Å². The number of hydrogen-bond donors (Lipinski definition) is 2. The van der Waals surface area contributed by atoms with Gasteiger partial charge in [0.2, 0.25) is 5.91 Å². The molecule has 0 aliphatic carbocycles. The molecule has 0 spiro atoms. The van der Waals surface area contributed by atoms with Crippen molar-refractivity contribution in [1.82, 2.24) is 5.32 Å². The van der Waals surface area contributed by atoms with Gasteiger partial charge in [-0.1, -0.05) is 6.92 Å². The first-order chi connectivity index (χ1) is 9.78. The number of rotatable bonds is 6. The molecular formula is C16H24N2O2. The standard InChI is InChI=1S/C16H24N2O2/c1-2-10-20-15-7-5-14(6-8-15)18-16(19)11-13-4-3-9-17-12-13/h5-8,13,17H,2-4,9-12H2,1H3,(H,18,19). The van der Waals surface area contributed by atoms with E-state index >= 15 is 0 Å². The zero-order valence-electron chi connectivity index (χ0n) is 12.2. The molecule has 2 rings (SSSR count). The van der Waals surface area contributed by atoms with Crippen LogP contribution in [0.4, 0.5) is 5.69 Å².